The van der Waals surface area contributed by atoms with Crippen LogP contribution < -0.4 is 5.73 Å². The Balaban J connectivity index is 2.47. The molecular formula is C11H20N4O. The molecule has 16 heavy (non-hydrogen) atoms. The molecule has 0 saturated heterocycles. The number of hydrogen-bond acceptors (Lipinski definition) is 3. The molecule has 90 valence electrons. The lowest BCUT2D eigenvalue weighted by Gasteiger charge is -2.21. The number of H-pyrrole nitrogens is 1. The second-order valence-corrected chi connectivity index (χ2v) is 4.47. The van der Waals surface area contributed by atoms with E-state index >= 15 is 0 Å². The van der Waals surface area contributed by atoms with Crippen LogP contribution in [0.2, 0.25) is 0 Å². The van der Waals surface area contributed by atoms with Crippen LogP contribution in [0.15, 0.2) is 12.4 Å². The van der Waals surface area contributed by atoms with Gasteiger partial charge in [-0.2, -0.15) is 0 Å². The van der Waals surface area contributed by atoms with Crippen molar-refractivity contribution >= 4 is 5.91 Å². The lowest BCUT2D eigenvalue weighted by atomic mass is 10.0. The van der Waals surface area contributed by atoms with Crippen molar-refractivity contribution in [1.29, 1.82) is 0 Å². The van der Waals surface area contributed by atoms with Gasteiger partial charge in [0.15, 0.2) is 0 Å². The number of likely N-dealkylation sites (N-methyl/N-ethyl adjacent to an activating group) is 1. The number of carbonyl (C=O) groups is 1. The summed E-state index contributed by atoms with van der Waals surface area (Å²) < 4.78 is 0. The fourth-order valence-corrected chi connectivity index (χ4v) is 1.58. The second-order valence-electron chi connectivity index (χ2n) is 4.47. The summed E-state index contributed by atoms with van der Waals surface area (Å²) in [6, 6.07) is -0.417. The van der Waals surface area contributed by atoms with Gasteiger partial charge in [0, 0.05) is 19.4 Å². The highest BCUT2D eigenvalue weighted by Gasteiger charge is 2.19. The minimum absolute atomic E-state index is 0.0369. The Kier molecular flexibility index (Phi) is 4.49. The fraction of sp³-hybridized carbons (Fsp3) is 0.636. The van der Waals surface area contributed by atoms with Crippen LogP contribution >= 0.6 is 0 Å². The smallest absolute Gasteiger partial charge is 0.239 e. The molecule has 1 aromatic heterocycles. The Bertz CT molecular complexity index is 321. The maximum absolute atomic E-state index is 11.9. The van der Waals surface area contributed by atoms with Gasteiger partial charge in [-0.1, -0.05) is 13.8 Å². The van der Waals surface area contributed by atoms with E-state index in [1.54, 1.807) is 24.3 Å². The predicted molar refractivity (Wildman–Crippen MR) is 62.5 cm³/mol. The molecule has 0 radical (unpaired) electrons. The van der Waals surface area contributed by atoms with Crippen LogP contribution in [-0.2, 0) is 11.3 Å². The average molecular weight is 224 g/mol. The number of aromatic amines is 1. The number of rotatable bonds is 5. The van der Waals surface area contributed by atoms with Crippen LogP contribution in [-0.4, -0.2) is 33.9 Å². The lowest BCUT2D eigenvalue weighted by molar-refractivity contribution is -0.132. The third kappa shape index (κ3) is 3.66. The predicted octanol–water partition coefficient (Wildman–Crippen LogP) is 0.741. The first-order valence-electron chi connectivity index (χ1n) is 5.49. The maximum atomic E-state index is 11.9. The maximum Gasteiger partial charge on any atom is 0.239 e. The van der Waals surface area contributed by atoms with Gasteiger partial charge in [0.25, 0.3) is 0 Å². The number of nitrogens with zero attached hydrogens (tertiary/aromatic N) is 2. The third-order valence-corrected chi connectivity index (χ3v) is 2.36. The molecule has 0 aliphatic carbocycles. The van der Waals surface area contributed by atoms with Gasteiger partial charge in [-0.15, -0.1) is 0 Å². The number of hydrogen-bond donors (Lipinski definition) is 2. The zero-order valence-electron chi connectivity index (χ0n) is 10.1. The average Bonchev–Trinajstić information content (AvgIpc) is 2.68. The molecule has 1 aromatic rings. The van der Waals surface area contributed by atoms with Gasteiger partial charge in [-0.05, 0) is 12.3 Å². The van der Waals surface area contributed by atoms with Gasteiger partial charge in [-0.3, -0.25) is 4.79 Å². The van der Waals surface area contributed by atoms with E-state index in [1.807, 2.05) is 0 Å². The van der Waals surface area contributed by atoms with E-state index in [0.717, 1.165) is 5.82 Å². The van der Waals surface area contributed by atoms with Crippen LogP contribution in [0.25, 0.3) is 0 Å². The van der Waals surface area contributed by atoms with Crippen LogP contribution in [0.1, 0.15) is 26.1 Å². The van der Waals surface area contributed by atoms with Gasteiger partial charge < -0.3 is 15.6 Å². The van der Waals surface area contributed by atoms with Crippen molar-refractivity contribution in [2.75, 3.05) is 7.05 Å². The van der Waals surface area contributed by atoms with Gasteiger partial charge in [0.05, 0.1) is 12.6 Å². The summed E-state index contributed by atoms with van der Waals surface area (Å²) in [5.74, 6) is 1.16. The van der Waals surface area contributed by atoms with Gasteiger partial charge in [0.2, 0.25) is 5.91 Å². The number of aromatic nitrogens is 2. The Morgan fingerprint density at radius 1 is 1.62 bits per heavy atom. The molecule has 3 N–H and O–H groups in total. The van der Waals surface area contributed by atoms with Gasteiger partial charge in [0.1, 0.15) is 5.82 Å². The number of nitrogens with two attached hydrogens (primary N) is 1. The van der Waals surface area contributed by atoms with Gasteiger partial charge in [-0.25, -0.2) is 4.98 Å². The van der Waals surface area contributed by atoms with E-state index < -0.39 is 6.04 Å². The molecule has 0 bridgehead atoms. The molecule has 0 aromatic carbocycles. The summed E-state index contributed by atoms with van der Waals surface area (Å²) in [5.41, 5.74) is 5.83. The molecule has 1 amide bonds. The molecule has 0 unspecified atom stereocenters. The molecule has 0 spiro atoms. The standard InChI is InChI=1S/C11H20N4O/c1-8(2)6-9(12)11(16)15(3)7-10-13-4-5-14-10/h4-5,8-9H,6-7,12H2,1-3H3,(H,13,14)/t9-/m0/s1. The molecule has 0 saturated carbocycles. The number of nitrogens with one attached hydrogen (secondary N) is 1. The van der Waals surface area contributed by atoms with Crippen molar-refractivity contribution in [3.8, 4) is 0 Å². The Labute approximate surface area is 96.0 Å². The molecular weight excluding hydrogens is 204 g/mol. The monoisotopic (exact) mass is 224 g/mol. The molecule has 0 aliphatic heterocycles. The largest absolute Gasteiger partial charge is 0.347 e. The fourth-order valence-electron chi connectivity index (χ4n) is 1.58. The first-order chi connectivity index (χ1) is 7.50. The highest BCUT2D eigenvalue weighted by Crippen LogP contribution is 2.06. The minimum Gasteiger partial charge on any atom is -0.347 e. The summed E-state index contributed by atoms with van der Waals surface area (Å²) in [7, 11) is 1.74. The van der Waals surface area contributed by atoms with E-state index in [2.05, 4.69) is 23.8 Å². The van der Waals surface area contributed by atoms with Crippen molar-refractivity contribution in [3.63, 3.8) is 0 Å². The normalized spacial score (nSPS) is 12.8. The van der Waals surface area contributed by atoms with Gasteiger partial charge >= 0.3 is 0 Å². The van der Waals surface area contributed by atoms with E-state index in [-0.39, 0.29) is 5.91 Å². The summed E-state index contributed by atoms with van der Waals surface area (Å²) in [6.45, 7) is 4.58. The Morgan fingerprint density at radius 3 is 2.81 bits per heavy atom. The molecule has 5 heteroatoms. The second kappa shape index (κ2) is 5.65. The van der Waals surface area contributed by atoms with E-state index in [1.165, 1.54) is 0 Å². The first-order valence-corrected chi connectivity index (χ1v) is 5.49. The number of amides is 1. The summed E-state index contributed by atoms with van der Waals surface area (Å²) in [5, 5.41) is 0. The van der Waals surface area contributed by atoms with Crippen LogP contribution in [0.4, 0.5) is 0 Å². The van der Waals surface area contributed by atoms with Crippen LogP contribution in [0.3, 0.4) is 0 Å². The zero-order valence-corrected chi connectivity index (χ0v) is 10.1. The molecule has 0 fully saturated rings. The van der Waals surface area contributed by atoms with Crippen molar-refractivity contribution in [2.45, 2.75) is 32.9 Å². The molecule has 1 rings (SSSR count). The van der Waals surface area contributed by atoms with Crippen LogP contribution in [0.5, 0.6) is 0 Å². The highest BCUT2D eigenvalue weighted by atomic mass is 16.2. The Hall–Kier alpha value is -1.36. The van der Waals surface area contributed by atoms with Crippen LogP contribution in [0, 0.1) is 5.92 Å². The van der Waals surface area contributed by atoms with Crippen molar-refractivity contribution in [1.82, 2.24) is 14.9 Å². The number of imidazole rings is 1. The summed E-state index contributed by atoms with van der Waals surface area (Å²) in [6.07, 6.45) is 4.12. The summed E-state index contributed by atoms with van der Waals surface area (Å²) >= 11 is 0. The molecule has 1 atom stereocenters. The third-order valence-electron chi connectivity index (χ3n) is 2.36. The first kappa shape index (κ1) is 12.7. The number of carbonyl (C=O) groups excluding carboxylic acids is 1. The summed E-state index contributed by atoms with van der Waals surface area (Å²) in [4.78, 5) is 20.5. The molecule has 0 aliphatic rings. The minimum atomic E-state index is -0.417. The molecule has 1 heterocycles. The van der Waals surface area contributed by atoms with Crippen molar-refractivity contribution in [3.05, 3.63) is 18.2 Å². The van der Waals surface area contributed by atoms with E-state index in [0.29, 0.717) is 18.9 Å². The highest BCUT2D eigenvalue weighted by molar-refractivity contribution is 5.81. The van der Waals surface area contributed by atoms with E-state index in [4.69, 9.17) is 5.73 Å². The lowest BCUT2D eigenvalue weighted by Crippen LogP contribution is -2.42. The zero-order chi connectivity index (χ0) is 12.1. The quantitative estimate of drug-likeness (QED) is 0.774. The SMILES string of the molecule is CC(C)C[C@H](N)C(=O)N(C)Cc1ncc[nH]1. The Morgan fingerprint density at radius 2 is 2.31 bits per heavy atom. The van der Waals surface area contributed by atoms with E-state index in [9.17, 15) is 4.79 Å². The topological polar surface area (TPSA) is 75.0 Å². The van der Waals surface area contributed by atoms with Crippen molar-refractivity contribution < 1.29 is 4.79 Å². The molecule has 5 nitrogen and oxygen atoms in total. The van der Waals surface area contributed by atoms with Crippen molar-refractivity contribution in [2.24, 2.45) is 11.7 Å².